The fourth-order valence-electron chi connectivity index (χ4n) is 1.80. The van der Waals surface area contributed by atoms with E-state index in [1.807, 2.05) is 19.1 Å². The van der Waals surface area contributed by atoms with Gasteiger partial charge in [0.15, 0.2) is 0 Å². The van der Waals surface area contributed by atoms with Crippen LogP contribution in [0.15, 0.2) is 41.1 Å². The van der Waals surface area contributed by atoms with E-state index in [4.69, 9.17) is 10.3 Å². The predicted octanol–water partition coefficient (Wildman–Crippen LogP) is 1.71. The van der Waals surface area contributed by atoms with Crippen molar-refractivity contribution in [3.8, 4) is 0 Å². The fourth-order valence-corrected chi connectivity index (χ4v) is 1.80. The summed E-state index contributed by atoms with van der Waals surface area (Å²) in [5, 5.41) is 2.90. The van der Waals surface area contributed by atoms with Crippen LogP contribution in [0.2, 0.25) is 0 Å². The third-order valence-corrected chi connectivity index (χ3v) is 2.94. The average molecular weight is 274 g/mol. The van der Waals surface area contributed by atoms with Crippen LogP contribution >= 0.6 is 0 Å². The molecule has 1 atom stereocenters. The van der Waals surface area contributed by atoms with Crippen molar-refractivity contribution < 1.29 is 9.21 Å². The zero-order valence-electron chi connectivity index (χ0n) is 11.3. The van der Waals surface area contributed by atoms with Crippen LogP contribution in [0, 0.1) is 0 Å². The van der Waals surface area contributed by atoms with Gasteiger partial charge >= 0.3 is 0 Å². The Morgan fingerprint density at radius 1 is 1.45 bits per heavy atom. The maximum atomic E-state index is 12.0. The van der Waals surface area contributed by atoms with Gasteiger partial charge < -0.3 is 15.2 Å². The minimum atomic E-state index is -0.194. The lowest BCUT2D eigenvalue weighted by atomic mass is 10.1. The van der Waals surface area contributed by atoms with Gasteiger partial charge in [-0.05, 0) is 37.6 Å². The number of rotatable bonds is 6. The number of pyridine rings is 1. The van der Waals surface area contributed by atoms with Crippen LogP contribution in [0.4, 0.5) is 5.69 Å². The number of hydrogen-bond donors (Lipinski definition) is 3. The first-order valence-electron chi connectivity index (χ1n) is 6.45. The first kappa shape index (κ1) is 14.1. The van der Waals surface area contributed by atoms with Gasteiger partial charge in [-0.25, -0.2) is 4.98 Å². The highest BCUT2D eigenvalue weighted by atomic mass is 16.3. The topological polar surface area (TPSA) is 93.2 Å². The summed E-state index contributed by atoms with van der Waals surface area (Å²) < 4.78 is 5.26. The Morgan fingerprint density at radius 2 is 2.30 bits per heavy atom. The van der Waals surface area contributed by atoms with E-state index in [0.717, 1.165) is 18.6 Å². The second-order valence-electron chi connectivity index (χ2n) is 4.57. The summed E-state index contributed by atoms with van der Waals surface area (Å²) in [4.78, 5) is 16.0. The van der Waals surface area contributed by atoms with Crippen LogP contribution < -0.4 is 16.6 Å². The number of amides is 1. The molecular formula is C14H18N4O2. The summed E-state index contributed by atoms with van der Waals surface area (Å²) >= 11 is 0. The first-order valence-corrected chi connectivity index (χ1v) is 6.45. The molecule has 2 aromatic rings. The van der Waals surface area contributed by atoms with E-state index in [1.165, 1.54) is 6.20 Å². The molecule has 0 aliphatic carbocycles. The van der Waals surface area contributed by atoms with Crippen molar-refractivity contribution >= 4 is 11.6 Å². The number of furan rings is 1. The first-order chi connectivity index (χ1) is 9.69. The smallest absolute Gasteiger partial charge is 0.270 e. The number of nitrogen functional groups attached to an aromatic ring is 1. The van der Waals surface area contributed by atoms with Gasteiger partial charge in [0.2, 0.25) is 0 Å². The van der Waals surface area contributed by atoms with E-state index >= 15 is 0 Å². The Hall–Kier alpha value is -2.34. The molecule has 0 aliphatic heterocycles. The van der Waals surface area contributed by atoms with Gasteiger partial charge in [0.1, 0.15) is 11.5 Å². The van der Waals surface area contributed by atoms with Crippen molar-refractivity contribution in [3.63, 3.8) is 0 Å². The second-order valence-corrected chi connectivity index (χ2v) is 4.57. The Kier molecular flexibility index (Phi) is 4.73. The molecule has 0 aliphatic rings. The Bertz CT molecular complexity index is 537. The molecule has 0 spiro atoms. The van der Waals surface area contributed by atoms with Crippen LogP contribution in [0.1, 0.15) is 29.6 Å². The number of aryl methyl sites for hydroxylation is 1. The molecule has 106 valence electrons. The summed E-state index contributed by atoms with van der Waals surface area (Å²) in [6.45, 7) is 1.96. The van der Waals surface area contributed by atoms with Gasteiger partial charge in [0.05, 0.1) is 18.1 Å². The lowest BCUT2D eigenvalue weighted by Gasteiger charge is -2.12. The molecule has 0 bridgehead atoms. The summed E-state index contributed by atoms with van der Waals surface area (Å²) in [5.74, 6) is 5.97. The fraction of sp³-hybridized carbons (Fsp3) is 0.286. The SMILES string of the molecule is CC(CCc1ccco1)NC(=O)c1ccc(NN)cn1. The maximum absolute atomic E-state index is 12.0. The number of nitrogens with two attached hydrogens (primary N) is 1. The summed E-state index contributed by atoms with van der Waals surface area (Å²) in [6.07, 6.45) is 4.76. The average Bonchev–Trinajstić information content (AvgIpc) is 2.98. The molecule has 2 rings (SSSR count). The molecule has 1 amide bonds. The Labute approximate surface area is 117 Å². The predicted molar refractivity (Wildman–Crippen MR) is 76.0 cm³/mol. The molecule has 0 aromatic carbocycles. The van der Waals surface area contributed by atoms with Crippen LogP contribution in [0.5, 0.6) is 0 Å². The van der Waals surface area contributed by atoms with Crippen molar-refractivity contribution in [3.05, 3.63) is 48.2 Å². The third-order valence-electron chi connectivity index (χ3n) is 2.94. The highest BCUT2D eigenvalue weighted by Crippen LogP contribution is 2.07. The molecule has 6 heteroatoms. The highest BCUT2D eigenvalue weighted by molar-refractivity contribution is 5.92. The number of carbonyl (C=O) groups excluding carboxylic acids is 1. The summed E-state index contributed by atoms with van der Waals surface area (Å²) in [6, 6.07) is 7.16. The number of anilines is 1. The van der Waals surface area contributed by atoms with Gasteiger partial charge in [0.25, 0.3) is 5.91 Å². The van der Waals surface area contributed by atoms with Crippen molar-refractivity contribution in [2.24, 2.45) is 5.84 Å². The molecule has 0 saturated carbocycles. The van der Waals surface area contributed by atoms with Gasteiger partial charge in [-0.1, -0.05) is 0 Å². The van der Waals surface area contributed by atoms with E-state index < -0.39 is 0 Å². The Morgan fingerprint density at radius 3 is 2.90 bits per heavy atom. The highest BCUT2D eigenvalue weighted by Gasteiger charge is 2.11. The van der Waals surface area contributed by atoms with E-state index in [9.17, 15) is 4.79 Å². The van der Waals surface area contributed by atoms with Crippen LogP contribution in [-0.2, 0) is 6.42 Å². The largest absolute Gasteiger partial charge is 0.469 e. The van der Waals surface area contributed by atoms with Gasteiger partial charge in [0, 0.05) is 12.5 Å². The van der Waals surface area contributed by atoms with E-state index in [2.05, 4.69) is 15.7 Å². The number of hydrazine groups is 1. The number of aromatic nitrogens is 1. The molecule has 0 radical (unpaired) electrons. The number of nitrogens with zero attached hydrogens (tertiary/aromatic N) is 1. The summed E-state index contributed by atoms with van der Waals surface area (Å²) in [5.41, 5.74) is 3.49. The van der Waals surface area contributed by atoms with Crippen molar-refractivity contribution in [1.82, 2.24) is 10.3 Å². The number of nitrogens with one attached hydrogen (secondary N) is 2. The van der Waals surface area contributed by atoms with Crippen molar-refractivity contribution in [1.29, 1.82) is 0 Å². The van der Waals surface area contributed by atoms with Crippen LogP contribution in [0.25, 0.3) is 0 Å². The molecular weight excluding hydrogens is 256 g/mol. The van der Waals surface area contributed by atoms with Crippen molar-refractivity contribution in [2.75, 3.05) is 5.43 Å². The van der Waals surface area contributed by atoms with Crippen LogP contribution in [-0.4, -0.2) is 16.9 Å². The van der Waals surface area contributed by atoms with Gasteiger partial charge in [-0.2, -0.15) is 0 Å². The number of hydrogen-bond acceptors (Lipinski definition) is 5. The molecule has 20 heavy (non-hydrogen) atoms. The maximum Gasteiger partial charge on any atom is 0.270 e. The molecule has 2 heterocycles. The molecule has 6 nitrogen and oxygen atoms in total. The second kappa shape index (κ2) is 6.72. The molecule has 4 N–H and O–H groups in total. The third kappa shape index (κ3) is 3.83. The van der Waals surface area contributed by atoms with Crippen molar-refractivity contribution in [2.45, 2.75) is 25.8 Å². The van der Waals surface area contributed by atoms with Gasteiger partial charge in [-0.3, -0.25) is 10.6 Å². The quantitative estimate of drug-likeness (QED) is 0.551. The molecule has 0 saturated heterocycles. The lowest BCUT2D eigenvalue weighted by Crippen LogP contribution is -2.33. The van der Waals surface area contributed by atoms with E-state index in [-0.39, 0.29) is 11.9 Å². The molecule has 1 unspecified atom stereocenters. The number of carbonyl (C=O) groups is 1. The van der Waals surface area contributed by atoms with E-state index in [0.29, 0.717) is 11.4 Å². The lowest BCUT2D eigenvalue weighted by molar-refractivity contribution is 0.0933. The standard InChI is InChI=1S/C14H18N4O2/c1-10(4-6-12-3-2-8-20-12)17-14(19)13-7-5-11(18-15)9-16-13/h2-3,5,7-10,18H,4,6,15H2,1H3,(H,17,19). The van der Waals surface area contributed by atoms with E-state index in [1.54, 1.807) is 18.4 Å². The zero-order valence-corrected chi connectivity index (χ0v) is 11.3. The molecule has 0 fully saturated rings. The minimum absolute atomic E-state index is 0.0433. The van der Waals surface area contributed by atoms with Crippen LogP contribution in [0.3, 0.4) is 0 Å². The Balaban J connectivity index is 1.83. The zero-order chi connectivity index (χ0) is 14.4. The monoisotopic (exact) mass is 274 g/mol. The minimum Gasteiger partial charge on any atom is -0.469 e. The summed E-state index contributed by atoms with van der Waals surface area (Å²) in [7, 11) is 0. The molecule has 2 aromatic heterocycles. The normalized spacial score (nSPS) is 11.9. The van der Waals surface area contributed by atoms with Gasteiger partial charge in [-0.15, -0.1) is 0 Å².